The smallest absolute Gasteiger partial charge is 0.346 e. The van der Waals surface area contributed by atoms with Gasteiger partial charge in [-0.1, -0.05) is 23.7 Å². The highest BCUT2D eigenvalue weighted by molar-refractivity contribution is 7.12. The number of carboxylic acid groups (broad SMARTS) is 1. The normalized spacial score (nSPS) is 10.5. The highest BCUT2D eigenvalue weighted by Gasteiger charge is 2.10. The third-order valence-electron chi connectivity index (χ3n) is 2.50. The Balaban J connectivity index is 1.90. The van der Waals surface area contributed by atoms with Gasteiger partial charge in [0.25, 0.3) is 0 Å². The van der Waals surface area contributed by atoms with Crippen LogP contribution in [0.3, 0.4) is 0 Å². The monoisotopic (exact) mass is 281 g/mol. The molecule has 1 heterocycles. The van der Waals surface area contributed by atoms with Crippen molar-refractivity contribution in [2.45, 2.75) is 13.1 Å². The molecule has 94 valence electrons. The number of benzene rings is 1. The maximum atomic E-state index is 10.9. The van der Waals surface area contributed by atoms with Crippen LogP contribution in [0.15, 0.2) is 35.7 Å². The molecule has 0 aliphatic rings. The van der Waals surface area contributed by atoms with Crippen LogP contribution in [0.1, 0.15) is 20.8 Å². The molecule has 3 nitrogen and oxygen atoms in total. The van der Waals surface area contributed by atoms with Gasteiger partial charge in [-0.05, 0) is 34.7 Å². The minimum absolute atomic E-state index is 0.401. The van der Waals surface area contributed by atoms with Gasteiger partial charge in [-0.2, -0.15) is 0 Å². The third kappa shape index (κ3) is 3.32. The number of hydrogen-bond donors (Lipinski definition) is 2. The molecule has 0 saturated heterocycles. The standard InChI is InChI=1S/C13H12ClNO2S/c14-11-3-1-9(2-4-11)7-15-8-10-5-6-18-12(10)13(16)17/h1-6,15H,7-8H2,(H,16,17). The van der Waals surface area contributed by atoms with E-state index >= 15 is 0 Å². The van der Waals surface area contributed by atoms with Gasteiger partial charge in [0.2, 0.25) is 0 Å². The fourth-order valence-corrected chi connectivity index (χ4v) is 2.49. The predicted molar refractivity (Wildman–Crippen MR) is 73.3 cm³/mol. The van der Waals surface area contributed by atoms with Crippen molar-refractivity contribution in [2.75, 3.05) is 0 Å². The Hall–Kier alpha value is -1.36. The zero-order valence-corrected chi connectivity index (χ0v) is 11.1. The molecule has 1 aromatic heterocycles. The summed E-state index contributed by atoms with van der Waals surface area (Å²) in [6, 6.07) is 9.41. The van der Waals surface area contributed by atoms with Crippen LogP contribution in [-0.4, -0.2) is 11.1 Å². The fourth-order valence-electron chi connectivity index (χ4n) is 1.61. The van der Waals surface area contributed by atoms with E-state index in [4.69, 9.17) is 16.7 Å². The van der Waals surface area contributed by atoms with Crippen LogP contribution in [-0.2, 0) is 13.1 Å². The molecule has 0 unspecified atom stereocenters. The Morgan fingerprint density at radius 2 is 1.94 bits per heavy atom. The number of halogens is 1. The van der Waals surface area contributed by atoms with Gasteiger partial charge in [0, 0.05) is 18.1 Å². The molecule has 0 radical (unpaired) electrons. The van der Waals surface area contributed by atoms with Crippen LogP contribution < -0.4 is 5.32 Å². The summed E-state index contributed by atoms with van der Waals surface area (Å²) in [4.78, 5) is 11.3. The number of carboxylic acids is 1. The van der Waals surface area contributed by atoms with Crippen LogP contribution >= 0.6 is 22.9 Å². The number of carbonyl (C=O) groups is 1. The van der Waals surface area contributed by atoms with Crippen molar-refractivity contribution in [3.05, 3.63) is 56.7 Å². The molecule has 0 aliphatic heterocycles. The topological polar surface area (TPSA) is 49.3 Å². The minimum atomic E-state index is -0.867. The van der Waals surface area contributed by atoms with Crippen molar-refractivity contribution in [2.24, 2.45) is 0 Å². The average molecular weight is 282 g/mol. The van der Waals surface area contributed by atoms with E-state index < -0.39 is 5.97 Å². The van der Waals surface area contributed by atoms with E-state index in [1.165, 1.54) is 11.3 Å². The van der Waals surface area contributed by atoms with Crippen molar-refractivity contribution in [3.8, 4) is 0 Å². The fraction of sp³-hybridized carbons (Fsp3) is 0.154. The molecule has 0 amide bonds. The molecule has 0 fully saturated rings. The second-order valence-electron chi connectivity index (χ2n) is 3.81. The first-order valence-corrected chi connectivity index (χ1v) is 6.67. The average Bonchev–Trinajstić information content (AvgIpc) is 2.80. The lowest BCUT2D eigenvalue weighted by molar-refractivity contribution is 0.0701. The van der Waals surface area contributed by atoms with Crippen molar-refractivity contribution in [3.63, 3.8) is 0 Å². The van der Waals surface area contributed by atoms with E-state index in [9.17, 15) is 4.79 Å². The van der Waals surface area contributed by atoms with Gasteiger partial charge in [-0.25, -0.2) is 4.79 Å². The minimum Gasteiger partial charge on any atom is -0.477 e. The number of aromatic carboxylic acids is 1. The maximum Gasteiger partial charge on any atom is 0.346 e. The summed E-state index contributed by atoms with van der Waals surface area (Å²) in [7, 11) is 0. The summed E-state index contributed by atoms with van der Waals surface area (Å²) in [5, 5.41) is 14.7. The molecule has 2 aromatic rings. The Morgan fingerprint density at radius 3 is 2.61 bits per heavy atom. The first kappa shape index (κ1) is 13.1. The van der Waals surface area contributed by atoms with Gasteiger partial charge < -0.3 is 10.4 Å². The molecule has 0 bridgehead atoms. The van der Waals surface area contributed by atoms with Crippen LogP contribution in [0, 0.1) is 0 Å². The second-order valence-corrected chi connectivity index (χ2v) is 5.16. The Morgan fingerprint density at radius 1 is 1.22 bits per heavy atom. The van der Waals surface area contributed by atoms with E-state index in [1.807, 2.05) is 30.3 Å². The number of hydrogen-bond acceptors (Lipinski definition) is 3. The molecule has 5 heteroatoms. The largest absolute Gasteiger partial charge is 0.477 e. The molecule has 1 aromatic carbocycles. The number of rotatable bonds is 5. The van der Waals surface area contributed by atoms with Crippen LogP contribution in [0.4, 0.5) is 0 Å². The van der Waals surface area contributed by atoms with E-state index in [-0.39, 0.29) is 0 Å². The summed E-state index contributed by atoms with van der Waals surface area (Å²) in [6.45, 7) is 1.24. The Bertz CT molecular complexity index is 536. The zero-order chi connectivity index (χ0) is 13.0. The van der Waals surface area contributed by atoms with Crippen molar-refractivity contribution in [1.29, 1.82) is 0 Å². The molecule has 0 saturated carbocycles. The molecule has 18 heavy (non-hydrogen) atoms. The van der Waals surface area contributed by atoms with Crippen molar-refractivity contribution in [1.82, 2.24) is 5.32 Å². The maximum absolute atomic E-state index is 10.9. The van der Waals surface area contributed by atoms with Crippen LogP contribution in [0.2, 0.25) is 5.02 Å². The number of nitrogens with one attached hydrogen (secondary N) is 1. The van der Waals surface area contributed by atoms with Crippen LogP contribution in [0.5, 0.6) is 0 Å². The number of thiophene rings is 1. The molecule has 0 aliphatic carbocycles. The summed E-state index contributed by atoms with van der Waals surface area (Å²) in [5.41, 5.74) is 1.94. The van der Waals surface area contributed by atoms with Gasteiger partial charge in [0.15, 0.2) is 0 Å². The quantitative estimate of drug-likeness (QED) is 0.883. The third-order valence-corrected chi connectivity index (χ3v) is 3.70. The zero-order valence-electron chi connectivity index (χ0n) is 9.52. The van der Waals surface area contributed by atoms with E-state index in [0.29, 0.717) is 23.0 Å². The summed E-state index contributed by atoms with van der Waals surface area (Å²) < 4.78 is 0. The van der Waals surface area contributed by atoms with E-state index in [2.05, 4.69) is 5.32 Å². The van der Waals surface area contributed by atoms with Gasteiger partial charge in [-0.3, -0.25) is 0 Å². The van der Waals surface area contributed by atoms with Gasteiger partial charge >= 0.3 is 5.97 Å². The van der Waals surface area contributed by atoms with Gasteiger partial charge in [0.1, 0.15) is 4.88 Å². The van der Waals surface area contributed by atoms with E-state index in [1.54, 1.807) is 5.38 Å². The lowest BCUT2D eigenvalue weighted by Crippen LogP contribution is -2.14. The SMILES string of the molecule is O=C(O)c1sccc1CNCc1ccc(Cl)cc1. The van der Waals surface area contributed by atoms with Gasteiger partial charge in [-0.15, -0.1) is 11.3 Å². The molecular weight excluding hydrogens is 270 g/mol. The van der Waals surface area contributed by atoms with E-state index in [0.717, 1.165) is 11.1 Å². The molecule has 2 N–H and O–H groups in total. The lowest BCUT2D eigenvalue weighted by Gasteiger charge is -2.05. The highest BCUT2D eigenvalue weighted by Crippen LogP contribution is 2.16. The Labute approximate surface area is 114 Å². The van der Waals surface area contributed by atoms with Crippen LogP contribution in [0.25, 0.3) is 0 Å². The molecule has 0 spiro atoms. The second kappa shape index (κ2) is 6.00. The molecule has 0 atom stereocenters. The summed E-state index contributed by atoms with van der Waals surface area (Å²) in [6.07, 6.45) is 0. The first-order chi connectivity index (χ1) is 8.66. The van der Waals surface area contributed by atoms with Crippen molar-refractivity contribution >= 4 is 28.9 Å². The Kier molecular flexibility index (Phi) is 4.36. The molecule has 2 rings (SSSR count). The molecular formula is C13H12ClNO2S. The summed E-state index contributed by atoms with van der Waals surface area (Å²) in [5.74, 6) is -0.867. The van der Waals surface area contributed by atoms with Crippen molar-refractivity contribution < 1.29 is 9.90 Å². The first-order valence-electron chi connectivity index (χ1n) is 5.41. The van der Waals surface area contributed by atoms with Gasteiger partial charge in [0.05, 0.1) is 0 Å². The summed E-state index contributed by atoms with van der Waals surface area (Å²) >= 11 is 7.05. The predicted octanol–water partition coefficient (Wildman–Crippen LogP) is 3.39. The highest BCUT2D eigenvalue weighted by atomic mass is 35.5. The lowest BCUT2D eigenvalue weighted by atomic mass is 10.2.